The van der Waals surface area contributed by atoms with Crippen molar-refractivity contribution in [2.24, 2.45) is 0 Å². The predicted octanol–water partition coefficient (Wildman–Crippen LogP) is 2.34. The van der Waals surface area contributed by atoms with Crippen molar-refractivity contribution in [3.63, 3.8) is 0 Å². The minimum absolute atomic E-state index is 0.0914. The molecule has 1 unspecified atom stereocenters. The molecule has 1 nitrogen and oxygen atoms in total. The van der Waals surface area contributed by atoms with Crippen LogP contribution in [0, 0.1) is 19.3 Å². The van der Waals surface area contributed by atoms with E-state index in [0.717, 1.165) is 6.54 Å². The van der Waals surface area contributed by atoms with Crippen molar-refractivity contribution >= 4 is 11.3 Å². The molecular formula is C10H13NS. The molecule has 1 heterocycles. The molecule has 1 aromatic heterocycles. The Kier molecular flexibility index (Phi) is 3.33. The van der Waals surface area contributed by atoms with Crippen LogP contribution in [0.5, 0.6) is 0 Å². The van der Waals surface area contributed by atoms with E-state index in [1.165, 1.54) is 10.4 Å². The van der Waals surface area contributed by atoms with E-state index in [1.54, 1.807) is 11.3 Å². The third-order valence-electron chi connectivity index (χ3n) is 1.61. The third-order valence-corrected chi connectivity index (χ3v) is 2.73. The molecule has 1 atom stereocenters. The quantitative estimate of drug-likeness (QED) is 0.702. The van der Waals surface area contributed by atoms with Gasteiger partial charge in [-0.3, -0.25) is 5.32 Å². The average Bonchev–Trinajstić information content (AvgIpc) is 2.47. The van der Waals surface area contributed by atoms with Gasteiger partial charge in [0, 0.05) is 4.88 Å². The molecule has 0 saturated heterocycles. The normalized spacial score (nSPS) is 12.4. The molecule has 0 aromatic carbocycles. The molecule has 12 heavy (non-hydrogen) atoms. The van der Waals surface area contributed by atoms with Gasteiger partial charge >= 0.3 is 0 Å². The molecule has 0 aliphatic carbocycles. The van der Waals surface area contributed by atoms with Gasteiger partial charge in [0.1, 0.15) is 6.04 Å². The van der Waals surface area contributed by atoms with Crippen molar-refractivity contribution in [2.75, 3.05) is 6.54 Å². The van der Waals surface area contributed by atoms with Crippen molar-refractivity contribution in [3.05, 3.63) is 21.9 Å². The number of hydrogen-bond acceptors (Lipinski definition) is 2. The fourth-order valence-electron chi connectivity index (χ4n) is 1.05. The van der Waals surface area contributed by atoms with Crippen molar-refractivity contribution in [1.82, 2.24) is 5.32 Å². The summed E-state index contributed by atoms with van der Waals surface area (Å²) in [6.07, 6.45) is 5.39. The van der Waals surface area contributed by atoms with Gasteiger partial charge in [0.05, 0.1) is 0 Å². The molecule has 0 fully saturated rings. The van der Waals surface area contributed by atoms with Crippen molar-refractivity contribution in [3.8, 4) is 12.3 Å². The van der Waals surface area contributed by atoms with E-state index in [9.17, 15) is 0 Å². The van der Waals surface area contributed by atoms with Crippen LogP contribution in [0.4, 0.5) is 0 Å². The largest absolute Gasteiger partial charge is 0.300 e. The topological polar surface area (TPSA) is 12.0 Å². The summed E-state index contributed by atoms with van der Waals surface area (Å²) >= 11 is 1.72. The molecule has 64 valence electrons. The lowest BCUT2D eigenvalue weighted by Crippen LogP contribution is -2.17. The Bertz CT molecular complexity index is 282. The van der Waals surface area contributed by atoms with Crippen LogP contribution in [0.1, 0.15) is 23.4 Å². The maximum atomic E-state index is 5.39. The van der Waals surface area contributed by atoms with E-state index in [0.29, 0.717) is 0 Å². The number of rotatable bonds is 3. The van der Waals surface area contributed by atoms with E-state index < -0.39 is 0 Å². The molecule has 1 rings (SSSR count). The summed E-state index contributed by atoms with van der Waals surface area (Å²) in [5, 5.41) is 5.36. The first kappa shape index (κ1) is 9.31. The van der Waals surface area contributed by atoms with Crippen LogP contribution in [0.2, 0.25) is 0 Å². The lowest BCUT2D eigenvalue weighted by molar-refractivity contribution is 0.674. The van der Waals surface area contributed by atoms with E-state index >= 15 is 0 Å². The van der Waals surface area contributed by atoms with Gasteiger partial charge in [-0.2, -0.15) is 0 Å². The van der Waals surface area contributed by atoms with Crippen LogP contribution in [-0.4, -0.2) is 6.54 Å². The molecule has 0 amide bonds. The summed E-state index contributed by atoms with van der Waals surface area (Å²) in [6.45, 7) is 5.05. The maximum Gasteiger partial charge on any atom is 0.104 e. The number of hydrogen-bond donors (Lipinski definition) is 1. The SMILES string of the molecule is C#CC(NCC)c1cc(C)cs1. The molecule has 0 saturated carbocycles. The highest BCUT2D eigenvalue weighted by Crippen LogP contribution is 2.20. The van der Waals surface area contributed by atoms with Crippen LogP contribution in [0.15, 0.2) is 11.4 Å². The summed E-state index contributed by atoms with van der Waals surface area (Å²) < 4.78 is 0. The summed E-state index contributed by atoms with van der Waals surface area (Å²) in [4.78, 5) is 1.23. The second-order valence-corrected chi connectivity index (χ2v) is 3.63. The lowest BCUT2D eigenvalue weighted by atomic mass is 10.2. The summed E-state index contributed by atoms with van der Waals surface area (Å²) in [5.74, 6) is 2.73. The Morgan fingerprint density at radius 3 is 2.92 bits per heavy atom. The van der Waals surface area contributed by atoms with Gasteiger partial charge in [0.25, 0.3) is 0 Å². The zero-order valence-electron chi connectivity index (χ0n) is 7.42. The van der Waals surface area contributed by atoms with E-state index in [2.05, 4.69) is 36.5 Å². The zero-order chi connectivity index (χ0) is 8.97. The summed E-state index contributed by atoms with van der Waals surface area (Å²) in [6, 6.07) is 2.23. The van der Waals surface area contributed by atoms with Crippen LogP contribution < -0.4 is 5.32 Å². The first-order chi connectivity index (χ1) is 5.77. The van der Waals surface area contributed by atoms with Gasteiger partial charge in [0.2, 0.25) is 0 Å². The van der Waals surface area contributed by atoms with Crippen LogP contribution >= 0.6 is 11.3 Å². The minimum atomic E-state index is 0.0914. The Labute approximate surface area is 77.8 Å². The van der Waals surface area contributed by atoms with Crippen molar-refractivity contribution in [2.45, 2.75) is 19.9 Å². The smallest absolute Gasteiger partial charge is 0.104 e. The second-order valence-electron chi connectivity index (χ2n) is 2.68. The fourth-order valence-corrected chi connectivity index (χ4v) is 1.98. The number of terminal acetylenes is 1. The van der Waals surface area contributed by atoms with Gasteiger partial charge in [-0.1, -0.05) is 12.8 Å². The van der Waals surface area contributed by atoms with Crippen LogP contribution in [0.25, 0.3) is 0 Å². The van der Waals surface area contributed by atoms with Crippen molar-refractivity contribution in [1.29, 1.82) is 0 Å². The Morgan fingerprint density at radius 1 is 1.75 bits per heavy atom. The highest BCUT2D eigenvalue weighted by atomic mass is 32.1. The third kappa shape index (κ3) is 2.10. The highest BCUT2D eigenvalue weighted by Gasteiger charge is 2.07. The zero-order valence-corrected chi connectivity index (χ0v) is 8.24. The maximum absolute atomic E-state index is 5.39. The molecule has 1 aromatic rings. The molecule has 0 spiro atoms. The van der Waals surface area contributed by atoms with E-state index in [1.807, 2.05) is 0 Å². The molecule has 1 N–H and O–H groups in total. The Morgan fingerprint density at radius 2 is 2.50 bits per heavy atom. The highest BCUT2D eigenvalue weighted by molar-refractivity contribution is 7.10. The van der Waals surface area contributed by atoms with Crippen LogP contribution in [-0.2, 0) is 0 Å². The Hall–Kier alpha value is -0.780. The number of thiophene rings is 1. The molecule has 0 aliphatic rings. The monoisotopic (exact) mass is 179 g/mol. The van der Waals surface area contributed by atoms with Gasteiger partial charge in [-0.05, 0) is 30.5 Å². The second kappa shape index (κ2) is 4.30. The Balaban J connectivity index is 2.74. The van der Waals surface area contributed by atoms with Crippen LogP contribution in [0.3, 0.4) is 0 Å². The molecule has 0 radical (unpaired) electrons. The summed E-state index contributed by atoms with van der Waals surface area (Å²) in [5.41, 5.74) is 1.29. The van der Waals surface area contributed by atoms with Gasteiger partial charge in [0.15, 0.2) is 0 Å². The van der Waals surface area contributed by atoms with Gasteiger partial charge in [-0.15, -0.1) is 17.8 Å². The van der Waals surface area contributed by atoms with E-state index in [4.69, 9.17) is 6.42 Å². The van der Waals surface area contributed by atoms with E-state index in [-0.39, 0.29) is 6.04 Å². The van der Waals surface area contributed by atoms with Crippen molar-refractivity contribution < 1.29 is 0 Å². The van der Waals surface area contributed by atoms with Gasteiger partial charge in [-0.25, -0.2) is 0 Å². The number of aryl methyl sites for hydroxylation is 1. The predicted molar refractivity (Wildman–Crippen MR) is 54.3 cm³/mol. The number of nitrogens with one attached hydrogen (secondary N) is 1. The summed E-state index contributed by atoms with van der Waals surface area (Å²) in [7, 11) is 0. The fraction of sp³-hybridized carbons (Fsp3) is 0.400. The standard InChI is InChI=1S/C10H13NS/c1-4-9(11-5-2)10-6-8(3)7-12-10/h1,6-7,9,11H,5H2,2-3H3. The first-order valence-electron chi connectivity index (χ1n) is 4.02. The molecule has 0 aliphatic heterocycles. The molecule has 0 bridgehead atoms. The van der Waals surface area contributed by atoms with Gasteiger partial charge < -0.3 is 0 Å². The molecule has 2 heteroatoms. The minimum Gasteiger partial charge on any atom is -0.300 e. The lowest BCUT2D eigenvalue weighted by Gasteiger charge is -2.07. The average molecular weight is 179 g/mol. The first-order valence-corrected chi connectivity index (χ1v) is 4.90. The molecular weight excluding hydrogens is 166 g/mol.